The summed E-state index contributed by atoms with van der Waals surface area (Å²) in [6.45, 7) is 0. The van der Waals surface area contributed by atoms with Gasteiger partial charge in [-0.05, 0) is 5.56 Å². The molecule has 122 valence electrons. The molecule has 7 nitrogen and oxygen atoms in total. The Kier molecular flexibility index (Phi) is 4.39. The smallest absolute Gasteiger partial charge is 0.326 e. The minimum Gasteiger partial charge on any atom is -0.480 e. The molecule has 0 spiro atoms. The van der Waals surface area contributed by atoms with E-state index in [4.69, 9.17) is 0 Å². The van der Waals surface area contributed by atoms with E-state index >= 15 is 0 Å². The average molecular weight is 343 g/mol. The summed E-state index contributed by atoms with van der Waals surface area (Å²) < 4.78 is 1.26. The molecule has 0 fully saturated rings. The fourth-order valence-corrected chi connectivity index (χ4v) is 2.94. The van der Waals surface area contributed by atoms with Gasteiger partial charge in [-0.2, -0.15) is 0 Å². The molecule has 2 N–H and O–H groups in total. The molecular formula is C16H13N3O4S. The molecule has 24 heavy (non-hydrogen) atoms. The Hall–Kier alpha value is -3.00. The zero-order valence-electron chi connectivity index (χ0n) is 12.4. The summed E-state index contributed by atoms with van der Waals surface area (Å²) in [4.78, 5) is 40.5. The highest BCUT2D eigenvalue weighted by molar-refractivity contribution is 7.15. The van der Waals surface area contributed by atoms with Crippen LogP contribution in [-0.2, 0) is 11.2 Å². The van der Waals surface area contributed by atoms with Crippen molar-refractivity contribution in [1.29, 1.82) is 0 Å². The summed E-state index contributed by atoms with van der Waals surface area (Å²) >= 11 is 1.27. The molecule has 0 aliphatic carbocycles. The molecule has 0 bridgehead atoms. The SMILES string of the molecule is O=C(NC(Cc1ccccc1)C(=O)O)c1cnc2sccn2c1=O. The Labute approximate surface area is 140 Å². The van der Waals surface area contributed by atoms with Gasteiger partial charge in [0.1, 0.15) is 11.6 Å². The van der Waals surface area contributed by atoms with Gasteiger partial charge in [0.05, 0.1) is 0 Å². The first-order valence-corrected chi connectivity index (χ1v) is 7.96. The normalized spacial score (nSPS) is 12.0. The average Bonchev–Trinajstić information content (AvgIpc) is 3.05. The topological polar surface area (TPSA) is 101 Å². The van der Waals surface area contributed by atoms with Crippen LogP contribution in [0.3, 0.4) is 0 Å². The number of aliphatic carboxylic acids is 1. The second-order valence-corrected chi connectivity index (χ2v) is 5.96. The van der Waals surface area contributed by atoms with Crippen molar-refractivity contribution < 1.29 is 14.7 Å². The van der Waals surface area contributed by atoms with Crippen molar-refractivity contribution in [1.82, 2.24) is 14.7 Å². The van der Waals surface area contributed by atoms with E-state index in [9.17, 15) is 19.5 Å². The molecule has 1 amide bonds. The predicted octanol–water partition coefficient (Wildman–Crippen LogP) is 1.18. The summed E-state index contributed by atoms with van der Waals surface area (Å²) in [6.07, 6.45) is 2.81. The van der Waals surface area contributed by atoms with E-state index < -0.39 is 23.5 Å². The van der Waals surface area contributed by atoms with Crippen molar-refractivity contribution in [3.63, 3.8) is 0 Å². The second kappa shape index (κ2) is 6.63. The molecular weight excluding hydrogens is 330 g/mol. The van der Waals surface area contributed by atoms with Gasteiger partial charge in [0.15, 0.2) is 4.96 Å². The summed E-state index contributed by atoms with van der Waals surface area (Å²) in [6, 6.07) is 7.81. The summed E-state index contributed by atoms with van der Waals surface area (Å²) in [5, 5.41) is 13.4. The molecule has 0 radical (unpaired) electrons. The number of benzene rings is 1. The number of nitrogens with one attached hydrogen (secondary N) is 1. The van der Waals surface area contributed by atoms with Gasteiger partial charge in [-0.25, -0.2) is 9.78 Å². The van der Waals surface area contributed by atoms with E-state index in [-0.39, 0.29) is 12.0 Å². The predicted molar refractivity (Wildman–Crippen MR) is 88.4 cm³/mol. The van der Waals surface area contributed by atoms with Crippen molar-refractivity contribution in [2.24, 2.45) is 0 Å². The van der Waals surface area contributed by atoms with E-state index in [2.05, 4.69) is 10.3 Å². The van der Waals surface area contributed by atoms with Crippen LogP contribution >= 0.6 is 11.3 Å². The maximum atomic E-state index is 12.3. The zero-order valence-corrected chi connectivity index (χ0v) is 13.2. The lowest BCUT2D eigenvalue weighted by molar-refractivity contribution is -0.139. The number of fused-ring (bicyclic) bond motifs is 1. The fraction of sp³-hybridized carbons (Fsp3) is 0.125. The maximum absolute atomic E-state index is 12.3. The van der Waals surface area contributed by atoms with E-state index in [1.54, 1.807) is 29.6 Å². The third kappa shape index (κ3) is 3.18. The zero-order chi connectivity index (χ0) is 17.1. The van der Waals surface area contributed by atoms with Crippen LogP contribution in [0.15, 0.2) is 52.9 Å². The summed E-state index contributed by atoms with van der Waals surface area (Å²) in [5.41, 5.74) is 0.0566. The summed E-state index contributed by atoms with van der Waals surface area (Å²) in [5.74, 6) is -1.92. The lowest BCUT2D eigenvalue weighted by Crippen LogP contribution is -2.44. The molecule has 1 aromatic carbocycles. The van der Waals surface area contributed by atoms with Gasteiger partial charge >= 0.3 is 5.97 Å². The van der Waals surface area contributed by atoms with E-state index in [1.165, 1.54) is 28.1 Å². The number of carboxylic acid groups (broad SMARTS) is 1. The minimum atomic E-state index is -1.17. The van der Waals surface area contributed by atoms with Crippen LogP contribution in [0.4, 0.5) is 0 Å². The molecule has 0 saturated heterocycles. The van der Waals surface area contributed by atoms with Gasteiger partial charge in [0.25, 0.3) is 11.5 Å². The van der Waals surface area contributed by atoms with E-state index in [1.807, 2.05) is 6.07 Å². The number of rotatable bonds is 5. The van der Waals surface area contributed by atoms with Crippen LogP contribution < -0.4 is 10.9 Å². The molecule has 0 aliphatic rings. The number of hydrogen-bond donors (Lipinski definition) is 2. The van der Waals surface area contributed by atoms with Crippen molar-refractivity contribution >= 4 is 28.2 Å². The fourth-order valence-electron chi connectivity index (χ4n) is 2.27. The van der Waals surface area contributed by atoms with Crippen LogP contribution in [-0.4, -0.2) is 32.4 Å². The largest absolute Gasteiger partial charge is 0.480 e. The molecule has 8 heteroatoms. The third-order valence-electron chi connectivity index (χ3n) is 3.47. The molecule has 0 saturated carbocycles. The van der Waals surface area contributed by atoms with Crippen molar-refractivity contribution in [3.05, 3.63) is 69.6 Å². The van der Waals surface area contributed by atoms with Crippen LogP contribution in [0.5, 0.6) is 0 Å². The lowest BCUT2D eigenvalue weighted by Gasteiger charge is -2.14. The van der Waals surface area contributed by atoms with Gasteiger partial charge in [-0.3, -0.25) is 14.0 Å². The molecule has 1 atom stereocenters. The Morgan fingerprint density at radius 2 is 2.04 bits per heavy atom. The molecule has 3 aromatic rings. The number of nitrogens with zero attached hydrogens (tertiary/aromatic N) is 2. The maximum Gasteiger partial charge on any atom is 0.326 e. The Morgan fingerprint density at radius 1 is 1.29 bits per heavy atom. The first-order valence-electron chi connectivity index (χ1n) is 7.08. The molecule has 0 aliphatic heterocycles. The summed E-state index contributed by atoms with van der Waals surface area (Å²) in [7, 11) is 0. The van der Waals surface area contributed by atoms with Crippen LogP contribution in [0.25, 0.3) is 4.96 Å². The number of hydrogen-bond acceptors (Lipinski definition) is 5. The van der Waals surface area contributed by atoms with Gasteiger partial charge in [-0.15, -0.1) is 11.3 Å². The third-order valence-corrected chi connectivity index (χ3v) is 4.24. The van der Waals surface area contributed by atoms with E-state index in [0.29, 0.717) is 4.96 Å². The van der Waals surface area contributed by atoms with Crippen LogP contribution in [0.1, 0.15) is 15.9 Å². The van der Waals surface area contributed by atoms with Crippen molar-refractivity contribution in [3.8, 4) is 0 Å². The highest BCUT2D eigenvalue weighted by Crippen LogP contribution is 2.07. The number of carboxylic acids is 1. The van der Waals surface area contributed by atoms with Crippen molar-refractivity contribution in [2.45, 2.75) is 12.5 Å². The van der Waals surface area contributed by atoms with E-state index in [0.717, 1.165) is 5.56 Å². The number of aromatic nitrogens is 2. The number of carbonyl (C=O) groups excluding carboxylic acids is 1. The first-order chi connectivity index (χ1) is 11.6. The molecule has 3 rings (SSSR count). The second-order valence-electron chi connectivity index (χ2n) is 5.09. The Balaban J connectivity index is 1.83. The monoisotopic (exact) mass is 343 g/mol. The van der Waals surface area contributed by atoms with Gasteiger partial charge in [0.2, 0.25) is 0 Å². The van der Waals surface area contributed by atoms with Gasteiger partial charge < -0.3 is 10.4 Å². The number of amides is 1. The lowest BCUT2D eigenvalue weighted by atomic mass is 10.1. The van der Waals surface area contributed by atoms with Gasteiger partial charge in [0, 0.05) is 24.2 Å². The molecule has 2 aromatic heterocycles. The number of thiazole rings is 1. The standard InChI is InChI=1S/C16H13N3O4S/c20-13(11-9-17-16-19(14(11)21)6-7-24-16)18-12(15(22)23)8-10-4-2-1-3-5-10/h1-7,9,12H,8H2,(H,18,20)(H,22,23). The highest BCUT2D eigenvalue weighted by atomic mass is 32.1. The number of carbonyl (C=O) groups is 2. The van der Waals surface area contributed by atoms with Crippen LogP contribution in [0.2, 0.25) is 0 Å². The quantitative estimate of drug-likeness (QED) is 0.724. The molecule has 2 heterocycles. The van der Waals surface area contributed by atoms with Crippen LogP contribution in [0, 0.1) is 0 Å². The molecule has 1 unspecified atom stereocenters. The van der Waals surface area contributed by atoms with Crippen molar-refractivity contribution in [2.75, 3.05) is 0 Å². The highest BCUT2D eigenvalue weighted by Gasteiger charge is 2.23. The Bertz CT molecular complexity index is 949. The van der Waals surface area contributed by atoms with Gasteiger partial charge in [-0.1, -0.05) is 30.3 Å². The first kappa shape index (κ1) is 15.9. The minimum absolute atomic E-state index is 0.122. The Morgan fingerprint density at radius 3 is 2.75 bits per heavy atom.